The molecule has 0 saturated carbocycles. The van der Waals surface area contributed by atoms with Crippen LogP contribution in [0.4, 0.5) is 5.69 Å². The van der Waals surface area contributed by atoms with E-state index < -0.39 is 0 Å². The van der Waals surface area contributed by atoms with Crippen molar-refractivity contribution in [2.45, 2.75) is 33.1 Å². The molecule has 92 valence electrons. The fourth-order valence-corrected chi connectivity index (χ4v) is 1.80. The first-order valence-electron chi connectivity index (χ1n) is 5.76. The second-order valence-corrected chi connectivity index (χ2v) is 5.16. The van der Waals surface area contributed by atoms with Gasteiger partial charge < -0.3 is 5.32 Å². The van der Waals surface area contributed by atoms with Gasteiger partial charge in [-0.2, -0.15) is 0 Å². The van der Waals surface area contributed by atoms with E-state index in [0.717, 1.165) is 35.0 Å². The minimum absolute atomic E-state index is 0.741. The fraction of sp³-hybridized carbons (Fsp3) is 0.357. The first-order valence-corrected chi connectivity index (χ1v) is 6.55. The van der Waals surface area contributed by atoms with Crippen LogP contribution in [0.2, 0.25) is 5.02 Å². The number of nitrogens with one attached hydrogen (secondary N) is 1. The first-order chi connectivity index (χ1) is 8.08. The summed E-state index contributed by atoms with van der Waals surface area (Å²) in [6.45, 7) is 4.23. The molecule has 1 aromatic rings. The maximum Gasteiger partial charge on any atom is 0.0797 e. The number of halogens is 1. The van der Waals surface area contributed by atoms with Crippen molar-refractivity contribution in [3.8, 4) is 0 Å². The van der Waals surface area contributed by atoms with Crippen LogP contribution in [0.5, 0.6) is 0 Å². The Morgan fingerprint density at radius 2 is 1.94 bits per heavy atom. The molecular weight excluding hydrogens is 250 g/mol. The summed E-state index contributed by atoms with van der Waals surface area (Å²) >= 11 is 11.1. The van der Waals surface area contributed by atoms with Gasteiger partial charge in [-0.25, -0.2) is 0 Å². The van der Waals surface area contributed by atoms with E-state index in [2.05, 4.69) is 25.2 Å². The van der Waals surface area contributed by atoms with Gasteiger partial charge in [0.2, 0.25) is 0 Å². The SMILES string of the molecule is CC(C)=CCCCC(=S)Nc1ccc(Cl)cc1. The van der Waals surface area contributed by atoms with Crippen LogP contribution in [0.3, 0.4) is 0 Å². The van der Waals surface area contributed by atoms with E-state index in [4.69, 9.17) is 23.8 Å². The Labute approximate surface area is 114 Å². The quantitative estimate of drug-likeness (QED) is 0.446. The molecule has 1 rings (SSSR count). The minimum Gasteiger partial charge on any atom is -0.350 e. The van der Waals surface area contributed by atoms with Crippen molar-refractivity contribution < 1.29 is 0 Å². The Morgan fingerprint density at radius 3 is 2.53 bits per heavy atom. The highest BCUT2D eigenvalue weighted by Gasteiger charge is 1.97. The summed E-state index contributed by atoms with van der Waals surface area (Å²) in [5.41, 5.74) is 2.36. The Kier molecular flexibility index (Phi) is 6.23. The minimum atomic E-state index is 0.741. The summed E-state index contributed by atoms with van der Waals surface area (Å²) in [6.07, 6.45) is 5.34. The first kappa shape index (κ1) is 14.2. The lowest BCUT2D eigenvalue weighted by molar-refractivity contribution is 0.892. The Bertz CT molecular complexity index is 391. The van der Waals surface area contributed by atoms with Gasteiger partial charge in [0.1, 0.15) is 0 Å². The Morgan fingerprint density at radius 1 is 1.29 bits per heavy atom. The molecule has 0 aromatic heterocycles. The lowest BCUT2D eigenvalue weighted by atomic mass is 10.2. The molecule has 0 atom stereocenters. The highest BCUT2D eigenvalue weighted by Crippen LogP contribution is 2.14. The number of hydrogen-bond donors (Lipinski definition) is 1. The van der Waals surface area contributed by atoms with Crippen LogP contribution in [-0.2, 0) is 0 Å². The summed E-state index contributed by atoms with van der Waals surface area (Å²) in [7, 11) is 0. The van der Waals surface area contributed by atoms with Crippen molar-refractivity contribution in [3.63, 3.8) is 0 Å². The van der Waals surface area contributed by atoms with Gasteiger partial charge in [0.25, 0.3) is 0 Å². The number of unbranched alkanes of at least 4 members (excludes halogenated alkanes) is 1. The molecule has 3 heteroatoms. The van der Waals surface area contributed by atoms with Gasteiger partial charge in [-0.05, 0) is 57.4 Å². The Hall–Kier alpha value is -0.860. The molecule has 0 aliphatic carbocycles. The molecule has 1 N–H and O–H groups in total. The number of rotatable bonds is 5. The fourth-order valence-electron chi connectivity index (χ4n) is 1.41. The highest BCUT2D eigenvalue weighted by molar-refractivity contribution is 7.80. The predicted molar refractivity (Wildman–Crippen MR) is 81.0 cm³/mol. The average molecular weight is 268 g/mol. The van der Waals surface area contributed by atoms with Gasteiger partial charge in [-0.15, -0.1) is 0 Å². The van der Waals surface area contributed by atoms with Crippen molar-refractivity contribution >= 4 is 34.5 Å². The van der Waals surface area contributed by atoms with Crippen LogP contribution in [0.1, 0.15) is 33.1 Å². The molecule has 0 aliphatic rings. The van der Waals surface area contributed by atoms with Crippen LogP contribution >= 0.6 is 23.8 Å². The molecule has 0 saturated heterocycles. The second-order valence-electron chi connectivity index (χ2n) is 4.23. The number of hydrogen-bond acceptors (Lipinski definition) is 1. The summed E-state index contributed by atoms with van der Waals surface area (Å²) in [5, 5.41) is 3.95. The van der Waals surface area contributed by atoms with Crippen molar-refractivity contribution in [1.82, 2.24) is 0 Å². The van der Waals surface area contributed by atoms with Crippen LogP contribution in [0.15, 0.2) is 35.9 Å². The number of thiocarbonyl (C=S) groups is 1. The summed E-state index contributed by atoms with van der Waals surface area (Å²) < 4.78 is 0. The summed E-state index contributed by atoms with van der Waals surface area (Å²) in [5.74, 6) is 0. The van der Waals surface area contributed by atoms with Crippen molar-refractivity contribution in [1.29, 1.82) is 0 Å². The third kappa shape index (κ3) is 6.44. The van der Waals surface area contributed by atoms with Crippen molar-refractivity contribution in [2.75, 3.05) is 5.32 Å². The monoisotopic (exact) mass is 267 g/mol. The van der Waals surface area contributed by atoms with E-state index in [9.17, 15) is 0 Å². The van der Waals surface area contributed by atoms with E-state index >= 15 is 0 Å². The largest absolute Gasteiger partial charge is 0.350 e. The van der Waals surface area contributed by atoms with Gasteiger partial charge in [-0.3, -0.25) is 0 Å². The van der Waals surface area contributed by atoms with Gasteiger partial charge >= 0.3 is 0 Å². The molecule has 0 bridgehead atoms. The lowest BCUT2D eigenvalue weighted by Crippen LogP contribution is -2.08. The maximum atomic E-state index is 5.81. The molecule has 0 spiro atoms. The van der Waals surface area contributed by atoms with Crippen LogP contribution in [-0.4, -0.2) is 4.99 Å². The average Bonchev–Trinajstić information content (AvgIpc) is 2.27. The number of allylic oxidation sites excluding steroid dienone is 2. The zero-order valence-electron chi connectivity index (χ0n) is 10.3. The van der Waals surface area contributed by atoms with E-state index in [1.807, 2.05) is 24.3 Å². The third-order valence-electron chi connectivity index (χ3n) is 2.29. The maximum absolute atomic E-state index is 5.81. The van der Waals surface area contributed by atoms with Crippen LogP contribution < -0.4 is 5.32 Å². The molecule has 0 radical (unpaired) electrons. The topological polar surface area (TPSA) is 12.0 Å². The van der Waals surface area contributed by atoms with Gasteiger partial charge in [0, 0.05) is 10.7 Å². The lowest BCUT2D eigenvalue weighted by Gasteiger charge is -2.07. The molecule has 1 nitrogen and oxygen atoms in total. The standard InChI is InChI=1S/C14H18ClNS/c1-11(2)5-3-4-6-14(17)16-13-9-7-12(15)8-10-13/h5,7-10H,3-4,6H2,1-2H3,(H,16,17). The van der Waals surface area contributed by atoms with E-state index in [1.54, 1.807) is 0 Å². The molecule has 17 heavy (non-hydrogen) atoms. The molecule has 0 aliphatic heterocycles. The molecule has 0 fully saturated rings. The van der Waals surface area contributed by atoms with Crippen molar-refractivity contribution in [3.05, 3.63) is 40.9 Å². The highest BCUT2D eigenvalue weighted by atomic mass is 35.5. The summed E-state index contributed by atoms with van der Waals surface area (Å²) in [6, 6.07) is 7.58. The van der Waals surface area contributed by atoms with E-state index in [-0.39, 0.29) is 0 Å². The number of benzene rings is 1. The smallest absolute Gasteiger partial charge is 0.0797 e. The molecule has 0 amide bonds. The van der Waals surface area contributed by atoms with Crippen LogP contribution in [0, 0.1) is 0 Å². The van der Waals surface area contributed by atoms with E-state index in [1.165, 1.54) is 5.57 Å². The molecule has 0 heterocycles. The molecule has 1 aromatic carbocycles. The number of anilines is 1. The predicted octanol–water partition coefficient (Wildman–Crippen LogP) is 5.22. The van der Waals surface area contributed by atoms with Gasteiger partial charge in [0.05, 0.1) is 4.99 Å². The van der Waals surface area contributed by atoms with Crippen LogP contribution in [0.25, 0.3) is 0 Å². The zero-order valence-corrected chi connectivity index (χ0v) is 11.9. The van der Waals surface area contributed by atoms with Crippen molar-refractivity contribution in [2.24, 2.45) is 0 Å². The second kappa shape index (κ2) is 7.46. The normalized spacial score (nSPS) is 9.82. The van der Waals surface area contributed by atoms with Gasteiger partial charge in [0.15, 0.2) is 0 Å². The molecular formula is C14H18ClNS. The van der Waals surface area contributed by atoms with Gasteiger partial charge in [-0.1, -0.05) is 35.5 Å². The zero-order chi connectivity index (χ0) is 12.7. The Balaban J connectivity index is 2.30. The van der Waals surface area contributed by atoms with E-state index in [0.29, 0.717) is 0 Å². The molecule has 0 unspecified atom stereocenters. The third-order valence-corrected chi connectivity index (χ3v) is 2.85. The summed E-state index contributed by atoms with van der Waals surface area (Å²) in [4.78, 5) is 0.884.